The second-order valence-electron chi connectivity index (χ2n) is 4.68. The van der Waals surface area contributed by atoms with Crippen molar-refractivity contribution in [1.29, 1.82) is 0 Å². The van der Waals surface area contributed by atoms with E-state index in [1.54, 1.807) is 14.0 Å². The molecule has 0 bridgehead atoms. The number of carbonyl (C=O) groups is 1. The fraction of sp³-hybridized carbons (Fsp3) is 0.538. The van der Waals surface area contributed by atoms with Crippen LogP contribution in [0.25, 0.3) is 0 Å². The molecule has 1 heterocycles. The summed E-state index contributed by atoms with van der Waals surface area (Å²) in [5.74, 6) is -4.99. The topological polar surface area (TPSA) is 63.2 Å². The fourth-order valence-electron chi connectivity index (χ4n) is 1.44. The van der Waals surface area contributed by atoms with Gasteiger partial charge in [0.25, 0.3) is 0 Å². The predicted molar refractivity (Wildman–Crippen MR) is 72.4 cm³/mol. The summed E-state index contributed by atoms with van der Waals surface area (Å²) in [4.78, 5) is 15.4. The summed E-state index contributed by atoms with van der Waals surface area (Å²) in [7, 11) is 1.71. The van der Waals surface area contributed by atoms with Gasteiger partial charge in [-0.1, -0.05) is 6.92 Å². The molecule has 22 heavy (non-hydrogen) atoms. The molecule has 1 unspecified atom stereocenters. The van der Waals surface area contributed by atoms with E-state index in [0.29, 0.717) is 12.2 Å². The van der Waals surface area contributed by atoms with E-state index in [1.807, 2.05) is 0 Å². The van der Waals surface area contributed by atoms with Crippen molar-refractivity contribution in [1.82, 2.24) is 10.3 Å². The number of aromatic nitrogens is 1. The Kier molecular flexibility index (Phi) is 6.54. The first-order chi connectivity index (χ1) is 10.3. The van der Waals surface area contributed by atoms with Gasteiger partial charge in [-0.05, 0) is 13.1 Å². The molecule has 0 radical (unpaired) electrons. The predicted octanol–water partition coefficient (Wildman–Crippen LogP) is 2.15. The molecule has 1 aromatic heterocycles. The molecule has 1 rings (SSSR count). The van der Waals surface area contributed by atoms with Crippen LogP contribution in [0.1, 0.15) is 6.92 Å². The molecule has 0 aliphatic rings. The molecule has 0 aliphatic carbocycles. The molecule has 1 aromatic rings. The van der Waals surface area contributed by atoms with E-state index in [9.17, 15) is 22.4 Å². The van der Waals surface area contributed by atoms with Crippen molar-refractivity contribution in [2.24, 2.45) is 5.92 Å². The summed E-state index contributed by atoms with van der Waals surface area (Å²) < 4.78 is 53.8. The van der Waals surface area contributed by atoms with Gasteiger partial charge in [0, 0.05) is 18.5 Å². The van der Waals surface area contributed by atoms with E-state index in [-0.39, 0.29) is 17.7 Å². The Hall–Kier alpha value is -1.90. The average molecular weight is 323 g/mol. The summed E-state index contributed by atoms with van der Waals surface area (Å²) >= 11 is 0. The van der Waals surface area contributed by atoms with Gasteiger partial charge in [-0.25, -0.2) is 13.8 Å². The second kappa shape index (κ2) is 7.92. The molecule has 1 amide bonds. The van der Waals surface area contributed by atoms with Crippen molar-refractivity contribution in [2.75, 3.05) is 25.5 Å². The van der Waals surface area contributed by atoms with Crippen molar-refractivity contribution < 1.29 is 27.1 Å². The number of rotatable bonds is 8. The summed E-state index contributed by atoms with van der Waals surface area (Å²) in [5, 5.41) is 5.43. The number of pyridine rings is 1. The molecule has 9 heteroatoms. The summed E-state index contributed by atoms with van der Waals surface area (Å²) in [6.07, 6.45) is -2.61. The van der Waals surface area contributed by atoms with Crippen LogP contribution in [0.15, 0.2) is 18.3 Å². The maximum atomic E-state index is 12.7. The van der Waals surface area contributed by atoms with E-state index in [0.717, 1.165) is 0 Å². The smallest absolute Gasteiger partial charge is 0.340 e. The molecule has 2 N–H and O–H groups in total. The van der Waals surface area contributed by atoms with Crippen LogP contribution < -0.4 is 15.4 Å². The highest BCUT2D eigenvalue weighted by Gasteiger charge is 2.41. The van der Waals surface area contributed by atoms with Crippen LogP contribution in [0.5, 0.6) is 5.88 Å². The van der Waals surface area contributed by atoms with E-state index in [4.69, 9.17) is 0 Å². The van der Waals surface area contributed by atoms with Crippen LogP contribution in [-0.4, -0.2) is 43.4 Å². The lowest BCUT2D eigenvalue weighted by molar-refractivity contribution is -0.148. The summed E-state index contributed by atoms with van der Waals surface area (Å²) in [6.45, 7) is 0.745. The third kappa shape index (κ3) is 5.47. The Morgan fingerprint density at radius 2 is 2.09 bits per heavy atom. The number of halogens is 4. The van der Waals surface area contributed by atoms with Gasteiger partial charge in [0.15, 0.2) is 6.61 Å². The van der Waals surface area contributed by atoms with Gasteiger partial charge >= 0.3 is 12.3 Å². The van der Waals surface area contributed by atoms with Gasteiger partial charge < -0.3 is 15.4 Å². The molecule has 0 saturated heterocycles. The standard InChI is InChI=1S/C13H17F4N3O2/c1-8(5-18-2)11(21)20-9-3-4-10(19-6-9)22-7-13(16,17)12(14)15/h3-4,6,8,12,18H,5,7H2,1-2H3,(H,20,21). The highest BCUT2D eigenvalue weighted by molar-refractivity contribution is 5.92. The molecule has 124 valence electrons. The van der Waals surface area contributed by atoms with Gasteiger partial charge in [-0.3, -0.25) is 4.79 Å². The molecule has 5 nitrogen and oxygen atoms in total. The number of amides is 1. The fourth-order valence-corrected chi connectivity index (χ4v) is 1.44. The number of alkyl halides is 4. The lowest BCUT2D eigenvalue weighted by Gasteiger charge is -2.15. The Morgan fingerprint density at radius 1 is 1.41 bits per heavy atom. The average Bonchev–Trinajstić information content (AvgIpc) is 2.46. The number of hydrogen-bond acceptors (Lipinski definition) is 4. The summed E-state index contributed by atoms with van der Waals surface area (Å²) in [5.41, 5.74) is 0.348. The van der Waals surface area contributed by atoms with Crippen LogP contribution in [0.4, 0.5) is 23.2 Å². The molecule has 1 atom stereocenters. The zero-order valence-corrected chi connectivity index (χ0v) is 12.1. The van der Waals surface area contributed by atoms with Gasteiger partial charge in [0.1, 0.15) is 0 Å². The van der Waals surface area contributed by atoms with Crippen LogP contribution in [0, 0.1) is 5.92 Å². The number of ether oxygens (including phenoxy) is 1. The first-order valence-electron chi connectivity index (χ1n) is 6.46. The van der Waals surface area contributed by atoms with Crippen molar-refractivity contribution in [3.8, 4) is 5.88 Å². The second-order valence-corrected chi connectivity index (χ2v) is 4.68. The lowest BCUT2D eigenvalue weighted by Crippen LogP contribution is -2.33. The van der Waals surface area contributed by atoms with Crippen LogP contribution in [-0.2, 0) is 4.79 Å². The normalized spacial score (nSPS) is 13.0. The first-order valence-corrected chi connectivity index (χ1v) is 6.46. The minimum atomic E-state index is -4.24. The molecular formula is C13H17F4N3O2. The van der Waals surface area contributed by atoms with Crippen molar-refractivity contribution in [3.63, 3.8) is 0 Å². The highest BCUT2D eigenvalue weighted by Crippen LogP contribution is 2.24. The number of nitrogens with zero attached hydrogens (tertiary/aromatic N) is 1. The van der Waals surface area contributed by atoms with Crippen LogP contribution >= 0.6 is 0 Å². The van der Waals surface area contributed by atoms with Crippen molar-refractivity contribution in [3.05, 3.63) is 18.3 Å². The van der Waals surface area contributed by atoms with Gasteiger partial charge in [-0.15, -0.1) is 0 Å². The highest BCUT2D eigenvalue weighted by atomic mass is 19.3. The van der Waals surface area contributed by atoms with Gasteiger partial charge in [0.2, 0.25) is 11.8 Å². The largest absolute Gasteiger partial charge is 0.471 e. The maximum absolute atomic E-state index is 12.7. The molecule has 0 fully saturated rings. The quantitative estimate of drug-likeness (QED) is 0.720. The van der Waals surface area contributed by atoms with Crippen molar-refractivity contribution in [2.45, 2.75) is 19.3 Å². The van der Waals surface area contributed by atoms with E-state index >= 15 is 0 Å². The molecule has 0 saturated carbocycles. The molecule has 0 aliphatic heterocycles. The van der Waals surface area contributed by atoms with E-state index in [1.165, 1.54) is 18.3 Å². The Bertz CT molecular complexity index is 483. The minimum Gasteiger partial charge on any atom is -0.471 e. The van der Waals surface area contributed by atoms with Gasteiger partial charge in [0.05, 0.1) is 11.9 Å². The number of carbonyl (C=O) groups excluding carboxylic acids is 1. The zero-order valence-electron chi connectivity index (χ0n) is 12.1. The first kappa shape index (κ1) is 18.1. The van der Waals surface area contributed by atoms with Crippen LogP contribution in [0.3, 0.4) is 0 Å². The zero-order chi connectivity index (χ0) is 16.8. The molecule has 0 spiro atoms. The minimum absolute atomic E-state index is 0.235. The third-order valence-corrected chi connectivity index (χ3v) is 2.69. The van der Waals surface area contributed by atoms with E-state index < -0.39 is 19.0 Å². The van der Waals surface area contributed by atoms with E-state index in [2.05, 4.69) is 20.4 Å². The molecular weight excluding hydrogens is 306 g/mol. The maximum Gasteiger partial charge on any atom is 0.340 e. The Labute approximate surface area is 125 Å². The third-order valence-electron chi connectivity index (χ3n) is 2.69. The number of nitrogens with one attached hydrogen (secondary N) is 2. The van der Waals surface area contributed by atoms with Crippen molar-refractivity contribution >= 4 is 11.6 Å². The monoisotopic (exact) mass is 323 g/mol. The Balaban J connectivity index is 2.55. The van der Waals surface area contributed by atoms with Crippen LogP contribution in [0.2, 0.25) is 0 Å². The Morgan fingerprint density at radius 3 is 2.59 bits per heavy atom. The lowest BCUT2D eigenvalue weighted by atomic mass is 10.1. The number of hydrogen-bond donors (Lipinski definition) is 2. The molecule has 0 aromatic carbocycles. The number of anilines is 1. The van der Waals surface area contributed by atoms with Gasteiger partial charge in [-0.2, -0.15) is 8.78 Å². The SMILES string of the molecule is CNCC(C)C(=O)Nc1ccc(OCC(F)(F)C(F)F)nc1. The summed E-state index contributed by atoms with van der Waals surface area (Å²) in [6, 6.07) is 2.59.